The molecule has 2 amide bonds. The Balaban J connectivity index is 0.00000127. The number of pyridine rings is 1. The fraction of sp³-hybridized carbons (Fsp3) is 0.235. The summed E-state index contributed by atoms with van der Waals surface area (Å²) in [7, 11) is 1.69. The summed E-state index contributed by atoms with van der Waals surface area (Å²) in [6.45, 7) is 5.90. The summed E-state index contributed by atoms with van der Waals surface area (Å²) >= 11 is 0. The average molecular weight is 315 g/mol. The number of aromatic nitrogens is 1. The SMILES string of the molecule is CC.Cc1cc(Oc2ccnc(NC=O)c2)ccc1N(C)C=O. The summed E-state index contributed by atoms with van der Waals surface area (Å²) in [4.78, 5) is 26.6. The number of amides is 2. The average Bonchev–Trinajstić information content (AvgIpc) is 2.57. The number of nitrogens with zero attached hydrogens (tertiary/aromatic N) is 2. The van der Waals surface area contributed by atoms with Gasteiger partial charge in [-0.05, 0) is 36.8 Å². The topological polar surface area (TPSA) is 71.5 Å². The van der Waals surface area contributed by atoms with Gasteiger partial charge >= 0.3 is 0 Å². The van der Waals surface area contributed by atoms with E-state index in [0.717, 1.165) is 17.7 Å². The molecule has 1 aromatic carbocycles. The normalized spacial score (nSPS) is 9.22. The van der Waals surface area contributed by atoms with Crippen LogP contribution in [0.3, 0.4) is 0 Å². The number of ether oxygens (including phenoxy) is 1. The van der Waals surface area contributed by atoms with Gasteiger partial charge in [0.15, 0.2) is 0 Å². The van der Waals surface area contributed by atoms with Gasteiger partial charge in [0.2, 0.25) is 12.8 Å². The molecule has 0 spiro atoms. The summed E-state index contributed by atoms with van der Waals surface area (Å²) in [6.07, 6.45) is 2.85. The van der Waals surface area contributed by atoms with Crippen LogP contribution in [-0.2, 0) is 9.59 Å². The number of hydrogen-bond acceptors (Lipinski definition) is 4. The Morgan fingerprint density at radius 1 is 1.13 bits per heavy atom. The lowest BCUT2D eigenvalue weighted by molar-refractivity contribution is -0.107. The second-order valence-corrected chi connectivity index (χ2v) is 4.41. The summed E-state index contributed by atoms with van der Waals surface area (Å²) in [5.41, 5.74) is 1.73. The first-order chi connectivity index (χ1) is 11.1. The summed E-state index contributed by atoms with van der Waals surface area (Å²) in [5.74, 6) is 1.61. The van der Waals surface area contributed by atoms with Crippen molar-refractivity contribution in [1.29, 1.82) is 0 Å². The zero-order valence-electron chi connectivity index (χ0n) is 13.7. The molecule has 0 aliphatic rings. The zero-order valence-corrected chi connectivity index (χ0v) is 13.7. The van der Waals surface area contributed by atoms with E-state index in [2.05, 4.69) is 10.3 Å². The Labute approximate surface area is 136 Å². The molecule has 0 aliphatic heterocycles. The van der Waals surface area contributed by atoms with Gasteiger partial charge in [0.1, 0.15) is 17.3 Å². The predicted octanol–water partition coefficient (Wildman–Crippen LogP) is 3.37. The molecular formula is C17H21N3O3. The van der Waals surface area contributed by atoms with Crippen LogP contribution in [0.1, 0.15) is 19.4 Å². The minimum Gasteiger partial charge on any atom is -0.457 e. The number of anilines is 2. The molecule has 1 aromatic heterocycles. The van der Waals surface area contributed by atoms with E-state index in [-0.39, 0.29) is 0 Å². The van der Waals surface area contributed by atoms with Crippen molar-refractivity contribution < 1.29 is 14.3 Å². The molecule has 1 heterocycles. The van der Waals surface area contributed by atoms with Gasteiger partial charge < -0.3 is 15.0 Å². The molecule has 2 rings (SSSR count). The number of nitrogens with one attached hydrogen (secondary N) is 1. The standard InChI is InChI=1S/C15H15N3O3.C2H6/c1-11-7-12(3-4-14(11)18(2)10-20)21-13-5-6-16-15(8-13)17-9-19;1-2/h3-10H,1-2H3,(H,16,17,19);1-2H3. The molecule has 1 N–H and O–H groups in total. The molecule has 0 saturated heterocycles. The van der Waals surface area contributed by atoms with E-state index in [1.807, 2.05) is 32.9 Å². The molecule has 0 fully saturated rings. The Kier molecular flexibility index (Phi) is 7.26. The molecule has 0 aliphatic carbocycles. The van der Waals surface area contributed by atoms with Crippen molar-refractivity contribution in [3.05, 3.63) is 42.1 Å². The molecule has 23 heavy (non-hydrogen) atoms. The Hall–Kier alpha value is -2.89. The largest absolute Gasteiger partial charge is 0.457 e. The van der Waals surface area contributed by atoms with Crippen LogP contribution in [0.5, 0.6) is 11.5 Å². The van der Waals surface area contributed by atoms with Crippen molar-refractivity contribution in [1.82, 2.24) is 4.98 Å². The third-order valence-electron chi connectivity index (χ3n) is 2.88. The molecule has 122 valence electrons. The Morgan fingerprint density at radius 3 is 2.43 bits per heavy atom. The highest BCUT2D eigenvalue weighted by molar-refractivity contribution is 5.76. The van der Waals surface area contributed by atoms with Crippen LogP contribution in [0.2, 0.25) is 0 Å². The van der Waals surface area contributed by atoms with Crippen LogP contribution in [0.15, 0.2) is 36.5 Å². The number of rotatable bonds is 6. The highest BCUT2D eigenvalue weighted by Gasteiger charge is 2.06. The Morgan fingerprint density at radius 2 is 1.83 bits per heavy atom. The van der Waals surface area contributed by atoms with Crippen molar-refractivity contribution in [2.75, 3.05) is 17.3 Å². The third-order valence-corrected chi connectivity index (χ3v) is 2.88. The van der Waals surface area contributed by atoms with E-state index in [4.69, 9.17) is 4.74 Å². The molecule has 6 heteroatoms. The lowest BCUT2D eigenvalue weighted by Gasteiger charge is -2.15. The van der Waals surface area contributed by atoms with Gasteiger partial charge in [0.05, 0.1) is 0 Å². The van der Waals surface area contributed by atoms with Gasteiger partial charge in [-0.3, -0.25) is 9.59 Å². The van der Waals surface area contributed by atoms with E-state index in [0.29, 0.717) is 23.7 Å². The maximum atomic E-state index is 10.8. The molecule has 0 saturated carbocycles. The first-order valence-electron chi connectivity index (χ1n) is 7.27. The van der Waals surface area contributed by atoms with E-state index in [1.165, 1.54) is 4.90 Å². The van der Waals surface area contributed by atoms with Crippen LogP contribution >= 0.6 is 0 Å². The highest BCUT2D eigenvalue weighted by atomic mass is 16.5. The minimum absolute atomic E-state index is 0.413. The molecule has 0 unspecified atom stereocenters. The second kappa shape index (κ2) is 9.19. The first-order valence-corrected chi connectivity index (χ1v) is 7.27. The van der Waals surface area contributed by atoms with Crippen molar-refractivity contribution >= 4 is 24.3 Å². The number of carbonyl (C=O) groups is 2. The van der Waals surface area contributed by atoms with Crippen LogP contribution in [0, 0.1) is 6.92 Å². The molecule has 2 aromatic rings. The minimum atomic E-state index is 0.413. The maximum Gasteiger partial charge on any atom is 0.213 e. The zero-order chi connectivity index (χ0) is 17.2. The number of carbonyl (C=O) groups excluding carboxylic acids is 2. The van der Waals surface area contributed by atoms with Crippen LogP contribution in [-0.4, -0.2) is 24.9 Å². The van der Waals surface area contributed by atoms with Gasteiger partial charge in [-0.1, -0.05) is 13.8 Å². The number of hydrogen-bond donors (Lipinski definition) is 1. The van der Waals surface area contributed by atoms with Crippen molar-refractivity contribution in [3.63, 3.8) is 0 Å². The van der Waals surface area contributed by atoms with Crippen LogP contribution in [0.25, 0.3) is 0 Å². The van der Waals surface area contributed by atoms with Crippen LogP contribution in [0.4, 0.5) is 11.5 Å². The third kappa shape index (κ3) is 5.10. The summed E-state index contributed by atoms with van der Waals surface area (Å²) < 4.78 is 5.71. The summed E-state index contributed by atoms with van der Waals surface area (Å²) in [6, 6.07) is 8.73. The predicted molar refractivity (Wildman–Crippen MR) is 91.0 cm³/mol. The smallest absolute Gasteiger partial charge is 0.213 e. The fourth-order valence-electron chi connectivity index (χ4n) is 1.89. The number of aryl methyl sites for hydroxylation is 1. The molecule has 0 atom stereocenters. The number of benzene rings is 1. The van der Waals surface area contributed by atoms with Crippen molar-refractivity contribution in [3.8, 4) is 11.5 Å². The van der Waals surface area contributed by atoms with Gasteiger partial charge in [-0.2, -0.15) is 0 Å². The molecule has 0 bridgehead atoms. The van der Waals surface area contributed by atoms with Crippen LogP contribution < -0.4 is 15.0 Å². The van der Waals surface area contributed by atoms with E-state index in [9.17, 15) is 9.59 Å². The Bertz CT molecular complexity index is 659. The molecule has 0 radical (unpaired) electrons. The maximum absolute atomic E-state index is 10.8. The monoisotopic (exact) mass is 315 g/mol. The van der Waals surface area contributed by atoms with Gasteiger partial charge in [0, 0.05) is 25.0 Å². The lowest BCUT2D eigenvalue weighted by atomic mass is 10.2. The van der Waals surface area contributed by atoms with Crippen molar-refractivity contribution in [2.24, 2.45) is 0 Å². The van der Waals surface area contributed by atoms with Gasteiger partial charge in [0.25, 0.3) is 0 Å². The van der Waals surface area contributed by atoms with Gasteiger partial charge in [-0.25, -0.2) is 4.98 Å². The van der Waals surface area contributed by atoms with E-state index < -0.39 is 0 Å². The van der Waals surface area contributed by atoms with E-state index in [1.54, 1.807) is 31.4 Å². The van der Waals surface area contributed by atoms with E-state index >= 15 is 0 Å². The summed E-state index contributed by atoms with van der Waals surface area (Å²) in [5, 5.41) is 2.46. The molecular weight excluding hydrogens is 294 g/mol. The highest BCUT2D eigenvalue weighted by Crippen LogP contribution is 2.27. The fourth-order valence-corrected chi connectivity index (χ4v) is 1.89. The van der Waals surface area contributed by atoms with Crippen molar-refractivity contribution in [2.45, 2.75) is 20.8 Å². The lowest BCUT2D eigenvalue weighted by Crippen LogP contribution is -2.14. The quantitative estimate of drug-likeness (QED) is 0.830. The first kappa shape index (κ1) is 18.2. The van der Waals surface area contributed by atoms with Gasteiger partial charge in [-0.15, -0.1) is 0 Å². The second-order valence-electron chi connectivity index (χ2n) is 4.41. The molecule has 6 nitrogen and oxygen atoms in total.